The molecule has 0 saturated heterocycles. The van der Waals surface area contributed by atoms with E-state index in [1.165, 1.54) is 0 Å². The third kappa shape index (κ3) is 4.35. The van der Waals surface area contributed by atoms with Crippen molar-refractivity contribution in [1.82, 2.24) is 10.1 Å². The van der Waals surface area contributed by atoms with Gasteiger partial charge in [-0.25, -0.2) is 0 Å². The standard InChI is InChI=1S/C31H25N5O2/c1-21-32-29-27-13-7-8-14-28(27)35(19-20-36(29)34-21)31(38)23-15-17-24(18-16-23)33-30(37)26-12-6-5-11-25(26)22-9-3-2-4-10-22/h2-18H,19-20H2,1H3,(H,33,37,38)/p+1. The van der Waals surface area contributed by atoms with Gasteiger partial charge >= 0.3 is 5.82 Å². The molecule has 0 bridgehead atoms. The summed E-state index contributed by atoms with van der Waals surface area (Å²) in [5, 5.41) is 6.23. The molecule has 5 aromatic rings. The molecular formula is C31H26N5O2+. The Morgan fingerprint density at radius 3 is 2.32 bits per heavy atom. The van der Waals surface area contributed by atoms with E-state index in [0.29, 0.717) is 29.9 Å². The number of fused-ring (bicyclic) bond motifs is 3. The van der Waals surface area contributed by atoms with Crippen LogP contribution in [0.1, 0.15) is 26.5 Å². The normalized spacial score (nSPS) is 12.3. The number of aromatic amines is 1. The number of H-pyrrole nitrogens is 1. The molecule has 1 aliphatic heterocycles. The van der Waals surface area contributed by atoms with Gasteiger partial charge in [0, 0.05) is 23.7 Å². The number of carbonyl (C=O) groups excluding carboxylic acids is 2. The molecule has 2 N–H and O–H groups in total. The van der Waals surface area contributed by atoms with Crippen molar-refractivity contribution in [2.45, 2.75) is 13.5 Å². The van der Waals surface area contributed by atoms with Gasteiger partial charge in [0.2, 0.25) is 5.82 Å². The molecule has 0 unspecified atom stereocenters. The van der Waals surface area contributed by atoms with Crippen molar-refractivity contribution in [3.05, 3.63) is 120 Å². The fraction of sp³-hybridized carbons (Fsp3) is 0.0968. The lowest BCUT2D eigenvalue weighted by Gasteiger charge is -2.21. The van der Waals surface area contributed by atoms with Gasteiger partial charge in [0.15, 0.2) is 0 Å². The van der Waals surface area contributed by atoms with Gasteiger partial charge in [-0.1, -0.05) is 60.7 Å². The zero-order chi connectivity index (χ0) is 26.1. The van der Waals surface area contributed by atoms with E-state index >= 15 is 0 Å². The first kappa shape index (κ1) is 23.4. The van der Waals surface area contributed by atoms with Gasteiger partial charge in [-0.2, -0.15) is 5.10 Å². The fourth-order valence-electron chi connectivity index (χ4n) is 4.89. The van der Waals surface area contributed by atoms with Crippen LogP contribution in [0.15, 0.2) is 103 Å². The molecule has 2 heterocycles. The molecule has 2 amide bonds. The molecule has 0 aliphatic carbocycles. The number of para-hydroxylation sites is 1. The van der Waals surface area contributed by atoms with Crippen molar-refractivity contribution < 1.29 is 14.3 Å². The molecule has 0 fully saturated rings. The van der Waals surface area contributed by atoms with Gasteiger partial charge in [0.25, 0.3) is 11.8 Å². The van der Waals surface area contributed by atoms with Crippen molar-refractivity contribution >= 4 is 23.2 Å². The van der Waals surface area contributed by atoms with Crippen LogP contribution >= 0.6 is 0 Å². The van der Waals surface area contributed by atoms with E-state index in [1.54, 1.807) is 29.2 Å². The zero-order valence-corrected chi connectivity index (χ0v) is 20.9. The lowest BCUT2D eigenvalue weighted by atomic mass is 9.99. The van der Waals surface area contributed by atoms with Gasteiger partial charge in [-0.3, -0.25) is 9.59 Å². The average Bonchev–Trinajstić information content (AvgIpc) is 3.27. The molecule has 0 spiro atoms. The fourth-order valence-corrected chi connectivity index (χ4v) is 4.89. The number of hydrogen-bond donors (Lipinski definition) is 2. The van der Waals surface area contributed by atoms with Crippen LogP contribution < -0.4 is 14.9 Å². The highest BCUT2D eigenvalue weighted by Crippen LogP contribution is 2.31. The van der Waals surface area contributed by atoms with Crippen LogP contribution in [0.2, 0.25) is 0 Å². The number of aryl methyl sites for hydroxylation is 1. The predicted octanol–water partition coefficient (Wildman–Crippen LogP) is 5.25. The maximum Gasteiger partial charge on any atom is 0.353 e. The second kappa shape index (κ2) is 9.78. The number of hydrogen-bond acceptors (Lipinski definition) is 3. The third-order valence-electron chi connectivity index (χ3n) is 6.70. The number of amides is 2. The number of rotatable bonds is 4. The molecule has 186 valence electrons. The van der Waals surface area contributed by atoms with E-state index in [2.05, 4.69) is 15.4 Å². The van der Waals surface area contributed by atoms with E-state index in [4.69, 9.17) is 0 Å². The van der Waals surface area contributed by atoms with Gasteiger partial charge in [0.05, 0.1) is 17.8 Å². The minimum Gasteiger partial charge on any atom is -0.322 e. The molecular weight excluding hydrogens is 474 g/mol. The van der Waals surface area contributed by atoms with Crippen LogP contribution in [0.5, 0.6) is 0 Å². The summed E-state index contributed by atoms with van der Waals surface area (Å²) in [5.41, 5.74) is 5.33. The van der Waals surface area contributed by atoms with Crippen molar-refractivity contribution in [3.8, 4) is 22.5 Å². The summed E-state index contributed by atoms with van der Waals surface area (Å²) in [6, 6.07) is 32.2. The Hall–Kier alpha value is -5.04. The Morgan fingerprint density at radius 1 is 0.842 bits per heavy atom. The highest BCUT2D eigenvalue weighted by atomic mass is 16.2. The molecule has 4 aromatic carbocycles. The molecule has 6 rings (SSSR count). The van der Waals surface area contributed by atoms with E-state index in [-0.39, 0.29) is 11.8 Å². The summed E-state index contributed by atoms with van der Waals surface area (Å²) >= 11 is 0. The van der Waals surface area contributed by atoms with Crippen LogP contribution in [0, 0.1) is 6.92 Å². The molecule has 1 aliphatic rings. The number of aromatic nitrogens is 3. The lowest BCUT2D eigenvalue weighted by Crippen LogP contribution is -2.43. The van der Waals surface area contributed by atoms with Gasteiger partial charge < -0.3 is 10.2 Å². The van der Waals surface area contributed by atoms with Crippen LogP contribution in [0.25, 0.3) is 22.5 Å². The lowest BCUT2D eigenvalue weighted by molar-refractivity contribution is -0.738. The minimum atomic E-state index is -0.203. The summed E-state index contributed by atoms with van der Waals surface area (Å²) < 4.78 is 1.98. The highest BCUT2D eigenvalue weighted by molar-refractivity contribution is 6.10. The molecule has 1 aromatic heterocycles. The second-order valence-electron chi connectivity index (χ2n) is 9.20. The molecule has 0 radical (unpaired) electrons. The summed E-state index contributed by atoms with van der Waals surface area (Å²) in [5.74, 6) is 1.35. The van der Waals surface area contributed by atoms with Gasteiger partial charge in [-0.15, -0.1) is 4.68 Å². The van der Waals surface area contributed by atoms with E-state index in [9.17, 15) is 9.59 Å². The number of anilines is 2. The predicted molar refractivity (Wildman–Crippen MR) is 147 cm³/mol. The van der Waals surface area contributed by atoms with Crippen molar-refractivity contribution in [1.29, 1.82) is 0 Å². The number of carbonyl (C=O) groups is 2. The minimum absolute atomic E-state index is 0.104. The van der Waals surface area contributed by atoms with Crippen LogP contribution in [0.3, 0.4) is 0 Å². The zero-order valence-electron chi connectivity index (χ0n) is 20.9. The van der Waals surface area contributed by atoms with Crippen LogP contribution in [-0.2, 0) is 6.54 Å². The summed E-state index contributed by atoms with van der Waals surface area (Å²) in [7, 11) is 0. The van der Waals surface area contributed by atoms with E-state index < -0.39 is 0 Å². The monoisotopic (exact) mass is 500 g/mol. The van der Waals surface area contributed by atoms with E-state index in [1.807, 2.05) is 90.5 Å². The first-order chi connectivity index (χ1) is 18.6. The highest BCUT2D eigenvalue weighted by Gasteiger charge is 2.31. The van der Waals surface area contributed by atoms with Crippen molar-refractivity contribution in [2.75, 3.05) is 16.8 Å². The maximum absolute atomic E-state index is 13.6. The topological polar surface area (TPSA) is 82.0 Å². The largest absolute Gasteiger partial charge is 0.353 e. The van der Waals surface area contributed by atoms with Gasteiger partial charge in [0.1, 0.15) is 6.54 Å². The third-order valence-corrected chi connectivity index (χ3v) is 6.70. The molecule has 38 heavy (non-hydrogen) atoms. The summed E-state index contributed by atoms with van der Waals surface area (Å²) in [6.07, 6.45) is 0. The van der Waals surface area contributed by atoms with Crippen molar-refractivity contribution in [3.63, 3.8) is 0 Å². The Kier molecular flexibility index (Phi) is 6.01. The smallest absolute Gasteiger partial charge is 0.322 e. The number of benzene rings is 4. The van der Waals surface area contributed by atoms with Crippen LogP contribution in [-0.4, -0.2) is 28.4 Å². The molecule has 0 atom stereocenters. The summed E-state index contributed by atoms with van der Waals surface area (Å²) in [6.45, 7) is 3.03. The number of nitrogens with one attached hydrogen (secondary N) is 2. The molecule has 7 heteroatoms. The quantitative estimate of drug-likeness (QED) is 0.331. The average molecular weight is 501 g/mol. The van der Waals surface area contributed by atoms with Gasteiger partial charge in [-0.05, 0) is 58.6 Å². The first-order valence-electron chi connectivity index (χ1n) is 12.5. The SMILES string of the molecule is Cc1nc2[n+]([nH]1)CCN(C(=O)c1ccc(NC(=O)c3ccccc3-c3ccccc3)cc1)c1ccccc1-2. The Bertz CT molecular complexity index is 1640. The number of nitrogens with zero attached hydrogens (tertiary/aromatic N) is 3. The Labute approximate surface area is 220 Å². The second-order valence-corrected chi connectivity index (χ2v) is 9.20. The maximum atomic E-state index is 13.6. The Balaban J connectivity index is 1.23. The van der Waals surface area contributed by atoms with Crippen molar-refractivity contribution in [2.24, 2.45) is 0 Å². The Morgan fingerprint density at radius 2 is 1.53 bits per heavy atom. The van der Waals surface area contributed by atoms with Crippen LogP contribution in [0.4, 0.5) is 11.4 Å². The first-order valence-corrected chi connectivity index (χ1v) is 12.5. The summed E-state index contributed by atoms with van der Waals surface area (Å²) in [4.78, 5) is 33.2. The molecule has 7 nitrogen and oxygen atoms in total. The molecule has 0 saturated carbocycles. The van der Waals surface area contributed by atoms with E-state index in [0.717, 1.165) is 34.0 Å².